The van der Waals surface area contributed by atoms with E-state index in [-0.39, 0.29) is 11.0 Å². The van der Waals surface area contributed by atoms with Gasteiger partial charge in [0.15, 0.2) is 0 Å². The van der Waals surface area contributed by atoms with Gasteiger partial charge in [-0.2, -0.15) is 0 Å². The largest absolute Gasteiger partial charge is 0.409 e. The Morgan fingerprint density at radius 3 is 2.72 bits per heavy atom. The van der Waals surface area contributed by atoms with Crippen LogP contribution in [0.3, 0.4) is 0 Å². The van der Waals surface area contributed by atoms with Gasteiger partial charge < -0.3 is 15.7 Å². The average molecular weight is 255 g/mol. The summed E-state index contributed by atoms with van der Waals surface area (Å²) in [6.45, 7) is 5.35. The van der Waals surface area contributed by atoms with Crippen molar-refractivity contribution in [2.24, 2.45) is 16.3 Å². The van der Waals surface area contributed by atoms with Crippen LogP contribution in [-0.4, -0.2) is 48.3 Å². The highest BCUT2D eigenvalue weighted by Gasteiger charge is 2.46. The summed E-state index contributed by atoms with van der Waals surface area (Å²) in [5.74, 6) is 0.360. The standard InChI is InChI=1S/C13H25N3O2/c1-12(18-2)4-3-7-16(9-12)10-13(5-6-13)8-11(14)15-17/h17H,3-10H2,1-2H3,(H2,14,15). The monoisotopic (exact) mass is 255 g/mol. The molecule has 0 radical (unpaired) electrons. The highest BCUT2D eigenvalue weighted by atomic mass is 16.5. The molecule has 0 aromatic carbocycles. The Hall–Kier alpha value is -0.810. The predicted octanol–water partition coefficient (Wildman–Crippen LogP) is 1.40. The number of likely N-dealkylation sites (tertiary alicyclic amines) is 1. The Morgan fingerprint density at radius 1 is 1.44 bits per heavy atom. The Labute approximate surface area is 109 Å². The van der Waals surface area contributed by atoms with Gasteiger partial charge in [0.05, 0.1) is 5.60 Å². The van der Waals surface area contributed by atoms with Crippen molar-refractivity contribution in [3.63, 3.8) is 0 Å². The Kier molecular flexibility index (Phi) is 3.82. The number of amidine groups is 1. The molecule has 3 N–H and O–H groups in total. The second-order valence-electron chi connectivity index (χ2n) is 6.24. The second-order valence-corrected chi connectivity index (χ2v) is 6.24. The van der Waals surface area contributed by atoms with Gasteiger partial charge in [-0.1, -0.05) is 5.16 Å². The quantitative estimate of drug-likeness (QED) is 0.337. The lowest BCUT2D eigenvalue weighted by atomic mass is 9.92. The fourth-order valence-electron chi connectivity index (χ4n) is 3.07. The summed E-state index contributed by atoms with van der Waals surface area (Å²) in [6.07, 6.45) is 5.40. The summed E-state index contributed by atoms with van der Waals surface area (Å²) >= 11 is 0. The average Bonchev–Trinajstić information content (AvgIpc) is 3.08. The molecule has 2 rings (SSSR count). The number of methoxy groups -OCH3 is 1. The third-order valence-corrected chi connectivity index (χ3v) is 4.43. The van der Waals surface area contributed by atoms with Gasteiger partial charge >= 0.3 is 0 Å². The van der Waals surface area contributed by atoms with Crippen LogP contribution in [0.25, 0.3) is 0 Å². The zero-order chi connectivity index (χ0) is 13.2. The van der Waals surface area contributed by atoms with Crippen molar-refractivity contribution in [3.8, 4) is 0 Å². The molecule has 1 saturated heterocycles. The van der Waals surface area contributed by atoms with Gasteiger partial charge in [-0.15, -0.1) is 0 Å². The molecule has 2 fully saturated rings. The molecule has 1 atom stereocenters. The molecule has 1 aliphatic carbocycles. The van der Waals surface area contributed by atoms with Crippen LogP contribution in [0, 0.1) is 5.41 Å². The molecule has 1 unspecified atom stereocenters. The molecule has 2 aliphatic rings. The van der Waals surface area contributed by atoms with Crippen LogP contribution in [0.2, 0.25) is 0 Å². The zero-order valence-electron chi connectivity index (χ0n) is 11.5. The molecule has 1 heterocycles. The van der Waals surface area contributed by atoms with E-state index in [0.717, 1.165) is 26.1 Å². The third-order valence-electron chi connectivity index (χ3n) is 4.43. The summed E-state index contributed by atoms with van der Waals surface area (Å²) in [5.41, 5.74) is 5.88. The zero-order valence-corrected chi connectivity index (χ0v) is 11.5. The first kappa shape index (κ1) is 13.6. The number of rotatable bonds is 5. The van der Waals surface area contributed by atoms with Gasteiger partial charge in [0, 0.05) is 26.6 Å². The normalized spacial score (nSPS) is 32.4. The van der Waals surface area contributed by atoms with Crippen molar-refractivity contribution < 1.29 is 9.94 Å². The van der Waals surface area contributed by atoms with Crippen molar-refractivity contribution in [1.82, 2.24) is 4.90 Å². The van der Waals surface area contributed by atoms with E-state index in [1.54, 1.807) is 7.11 Å². The van der Waals surface area contributed by atoms with Gasteiger partial charge in [-0.3, -0.25) is 4.90 Å². The minimum absolute atomic E-state index is 0.00899. The predicted molar refractivity (Wildman–Crippen MR) is 70.8 cm³/mol. The molecule has 1 aliphatic heterocycles. The minimum atomic E-state index is -0.00899. The topological polar surface area (TPSA) is 71.1 Å². The maximum Gasteiger partial charge on any atom is 0.139 e. The Morgan fingerprint density at radius 2 is 2.17 bits per heavy atom. The Balaban J connectivity index is 1.89. The van der Waals surface area contributed by atoms with Crippen LogP contribution in [-0.2, 0) is 4.74 Å². The van der Waals surface area contributed by atoms with E-state index in [0.29, 0.717) is 12.3 Å². The van der Waals surface area contributed by atoms with Gasteiger partial charge in [-0.25, -0.2) is 0 Å². The van der Waals surface area contributed by atoms with E-state index >= 15 is 0 Å². The lowest BCUT2D eigenvalue weighted by Gasteiger charge is -2.41. The molecular formula is C13H25N3O2. The smallest absolute Gasteiger partial charge is 0.139 e. The fraction of sp³-hybridized carbons (Fsp3) is 0.923. The number of hydrogen-bond donors (Lipinski definition) is 2. The molecular weight excluding hydrogens is 230 g/mol. The van der Waals surface area contributed by atoms with Crippen molar-refractivity contribution >= 4 is 5.84 Å². The van der Waals surface area contributed by atoms with Gasteiger partial charge in [0.2, 0.25) is 0 Å². The molecule has 0 aromatic heterocycles. The van der Waals surface area contributed by atoms with Crippen LogP contribution >= 0.6 is 0 Å². The highest BCUT2D eigenvalue weighted by Crippen LogP contribution is 2.49. The van der Waals surface area contributed by atoms with Crippen molar-refractivity contribution in [2.45, 2.75) is 44.6 Å². The van der Waals surface area contributed by atoms with E-state index in [9.17, 15) is 0 Å². The summed E-state index contributed by atoms with van der Waals surface area (Å²) in [5, 5.41) is 11.8. The molecule has 104 valence electrons. The second kappa shape index (κ2) is 5.05. The van der Waals surface area contributed by atoms with Crippen LogP contribution < -0.4 is 5.73 Å². The Bertz CT molecular complexity index is 328. The van der Waals surface area contributed by atoms with Crippen LogP contribution in [0.1, 0.15) is 39.0 Å². The van der Waals surface area contributed by atoms with E-state index in [4.69, 9.17) is 15.7 Å². The summed E-state index contributed by atoms with van der Waals surface area (Å²) in [4.78, 5) is 2.48. The van der Waals surface area contributed by atoms with Crippen molar-refractivity contribution in [3.05, 3.63) is 0 Å². The van der Waals surface area contributed by atoms with E-state index in [1.165, 1.54) is 19.3 Å². The molecule has 18 heavy (non-hydrogen) atoms. The lowest BCUT2D eigenvalue weighted by molar-refractivity contribution is -0.0544. The molecule has 0 aromatic rings. The van der Waals surface area contributed by atoms with Crippen molar-refractivity contribution in [2.75, 3.05) is 26.7 Å². The number of hydrogen-bond acceptors (Lipinski definition) is 4. The number of nitrogens with zero attached hydrogens (tertiary/aromatic N) is 2. The molecule has 0 spiro atoms. The fourth-order valence-corrected chi connectivity index (χ4v) is 3.07. The van der Waals surface area contributed by atoms with Gasteiger partial charge in [-0.05, 0) is 44.6 Å². The minimum Gasteiger partial charge on any atom is -0.409 e. The van der Waals surface area contributed by atoms with Gasteiger partial charge in [0.25, 0.3) is 0 Å². The molecule has 5 nitrogen and oxygen atoms in total. The first-order valence-corrected chi connectivity index (χ1v) is 6.75. The number of nitrogens with two attached hydrogens (primary N) is 1. The number of piperidine rings is 1. The van der Waals surface area contributed by atoms with Crippen molar-refractivity contribution in [1.29, 1.82) is 0 Å². The van der Waals surface area contributed by atoms with Crippen LogP contribution in [0.5, 0.6) is 0 Å². The summed E-state index contributed by atoms with van der Waals surface area (Å²) < 4.78 is 5.62. The maximum atomic E-state index is 8.68. The molecule has 0 bridgehead atoms. The SMILES string of the molecule is COC1(C)CCCN(CC2(CC(N)=NO)CC2)C1. The molecule has 1 saturated carbocycles. The first-order chi connectivity index (χ1) is 8.51. The first-order valence-electron chi connectivity index (χ1n) is 6.75. The van der Waals surface area contributed by atoms with E-state index in [1.807, 2.05) is 0 Å². The third kappa shape index (κ3) is 3.14. The maximum absolute atomic E-state index is 8.68. The number of ether oxygens (including phenoxy) is 1. The summed E-state index contributed by atoms with van der Waals surface area (Å²) in [7, 11) is 1.80. The van der Waals surface area contributed by atoms with E-state index in [2.05, 4.69) is 17.0 Å². The van der Waals surface area contributed by atoms with Gasteiger partial charge in [0.1, 0.15) is 5.84 Å². The van der Waals surface area contributed by atoms with Crippen LogP contribution in [0.15, 0.2) is 5.16 Å². The van der Waals surface area contributed by atoms with Crippen LogP contribution in [0.4, 0.5) is 0 Å². The van der Waals surface area contributed by atoms with E-state index < -0.39 is 0 Å². The molecule has 5 heteroatoms. The summed E-state index contributed by atoms with van der Waals surface area (Å²) in [6, 6.07) is 0. The number of oxime groups is 1. The highest BCUT2D eigenvalue weighted by molar-refractivity contribution is 5.80. The lowest BCUT2D eigenvalue weighted by Crippen LogP contribution is -2.49. The molecule has 0 amide bonds.